The van der Waals surface area contributed by atoms with E-state index in [4.69, 9.17) is 0 Å². The van der Waals surface area contributed by atoms with Gasteiger partial charge in [0.2, 0.25) is 30.0 Å². The fraction of sp³-hybridized carbons (Fsp3) is 0.667. The molecule has 2 aromatic rings. The molecule has 0 aliphatic carbocycles. The summed E-state index contributed by atoms with van der Waals surface area (Å²) in [6, 6.07) is 0. The third kappa shape index (κ3) is 4.48. The van der Waals surface area contributed by atoms with Crippen molar-refractivity contribution in [1.82, 2.24) is 19.9 Å². The van der Waals surface area contributed by atoms with Gasteiger partial charge in [-0.3, -0.25) is 0 Å². The zero-order valence-corrected chi connectivity index (χ0v) is 20.0. The lowest BCUT2D eigenvalue weighted by molar-refractivity contribution is 0.585. The Morgan fingerprint density at radius 2 is 0.867 bits per heavy atom. The molecule has 12 heteroatoms. The molecule has 0 bridgehead atoms. The quantitative estimate of drug-likeness (QED) is 0.485. The van der Waals surface area contributed by atoms with Gasteiger partial charge in [0.1, 0.15) is 11.0 Å². The smallest absolute Gasteiger partial charge is 0.249 e. The van der Waals surface area contributed by atoms with Crippen molar-refractivity contribution >= 4 is 42.3 Å². The van der Waals surface area contributed by atoms with Crippen molar-refractivity contribution in [3.63, 3.8) is 0 Å². The highest BCUT2D eigenvalue weighted by Gasteiger charge is 2.27. The van der Waals surface area contributed by atoms with Crippen LogP contribution < -0.4 is 9.80 Å². The van der Waals surface area contributed by atoms with Crippen LogP contribution in [0.2, 0.25) is 0 Å². The van der Waals surface area contributed by atoms with Gasteiger partial charge in [-0.25, -0.2) is 26.8 Å². The molecule has 0 aliphatic rings. The maximum absolute atomic E-state index is 12.6. The van der Waals surface area contributed by atoms with E-state index in [9.17, 15) is 16.8 Å². The molecule has 0 saturated heterocycles. The van der Waals surface area contributed by atoms with Gasteiger partial charge < -0.3 is 9.80 Å². The van der Waals surface area contributed by atoms with E-state index in [2.05, 4.69) is 19.9 Å². The Morgan fingerprint density at radius 3 is 1.10 bits per heavy atom. The van der Waals surface area contributed by atoms with Crippen LogP contribution in [-0.2, 0) is 19.7 Å². The maximum atomic E-state index is 12.6. The highest BCUT2D eigenvalue weighted by Crippen LogP contribution is 2.31. The third-order valence-corrected chi connectivity index (χ3v) is 7.91. The van der Waals surface area contributed by atoms with Gasteiger partial charge in [0.25, 0.3) is 0 Å². The first-order valence-electron chi connectivity index (χ1n) is 10.1. The lowest BCUT2D eigenvalue weighted by Gasteiger charge is -2.25. The largest absolute Gasteiger partial charge is 0.355 e. The van der Waals surface area contributed by atoms with E-state index in [-0.39, 0.29) is 32.9 Å². The summed E-state index contributed by atoms with van der Waals surface area (Å²) in [5.74, 6) is 0.278. The summed E-state index contributed by atoms with van der Waals surface area (Å²) in [6.07, 6.45) is 0. The summed E-state index contributed by atoms with van der Waals surface area (Å²) in [6.45, 7) is 12.8. The Kier molecular flexibility index (Phi) is 7.56. The van der Waals surface area contributed by atoms with Gasteiger partial charge in [-0.2, -0.15) is 9.97 Å². The van der Waals surface area contributed by atoms with E-state index < -0.39 is 19.7 Å². The van der Waals surface area contributed by atoms with Crippen LogP contribution in [0.5, 0.6) is 0 Å². The molecule has 168 valence electrons. The molecular formula is C18H30N6O4S2. The summed E-state index contributed by atoms with van der Waals surface area (Å²) in [7, 11) is -7.40. The van der Waals surface area contributed by atoms with Gasteiger partial charge in [0.05, 0.1) is 11.5 Å². The summed E-state index contributed by atoms with van der Waals surface area (Å²) in [5.41, 5.74) is 0.468. The molecule has 0 amide bonds. The van der Waals surface area contributed by atoms with Crippen LogP contribution in [-0.4, -0.2) is 74.5 Å². The number of anilines is 2. The number of sulfone groups is 2. The highest BCUT2D eigenvalue weighted by molar-refractivity contribution is 7.91. The normalized spacial score (nSPS) is 12.3. The predicted octanol–water partition coefficient (Wildman–Crippen LogP) is 1.70. The highest BCUT2D eigenvalue weighted by atomic mass is 32.2. The zero-order chi connectivity index (χ0) is 22.7. The van der Waals surface area contributed by atoms with Crippen molar-refractivity contribution in [2.75, 3.05) is 47.5 Å². The van der Waals surface area contributed by atoms with Gasteiger partial charge in [-0.15, -0.1) is 0 Å². The second kappa shape index (κ2) is 9.38. The minimum Gasteiger partial charge on any atom is -0.355 e. The predicted molar refractivity (Wildman–Crippen MR) is 118 cm³/mol. The molecule has 0 atom stereocenters. The van der Waals surface area contributed by atoms with E-state index in [1.54, 1.807) is 0 Å². The molecule has 0 N–H and O–H groups in total. The molecule has 0 spiro atoms. The molecule has 0 radical (unpaired) electrons. The summed E-state index contributed by atoms with van der Waals surface area (Å²) < 4.78 is 50.4. The third-order valence-electron chi connectivity index (χ3n) is 4.91. The lowest BCUT2D eigenvalue weighted by Crippen LogP contribution is -2.28. The molecule has 30 heavy (non-hydrogen) atoms. The van der Waals surface area contributed by atoms with Crippen LogP contribution in [0.25, 0.3) is 11.0 Å². The van der Waals surface area contributed by atoms with Crippen LogP contribution >= 0.6 is 0 Å². The lowest BCUT2D eigenvalue weighted by atomic mass is 10.3. The number of nitrogens with zero attached hydrogens (tertiary/aromatic N) is 6. The van der Waals surface area contributed by atoms with Crippen molar-refractivity contribution in [1.29, 1.82) is 0 Å². The maximum Gasteiger partial charge on any atom is 0.249 e. The first-order valence-corrected chi connectivity index (χ1v) is 13.5. The number of rotatable bonds is 10. The molecule has 0 aliphatic heterocycles. The Balaban J connectivity index is 3.11. The van der Waals surface area contributed by atoms with Crippen LogP contribution in [0.4, 0.5) is 11.6 Å². The minimum atomic E-state index is -3.70. The van der Waals surface area contributed by atoms with Gasteiger partial charge in [-0.05, 0) is 27.7 Å². The Morgan fingerprint density at radius 1 is 0.567 bits per heavy atom. The molecule has 0 unspecified atom stereocenters. The van der Waals surface area contributed by atoms with Crippen molar-refractivity contribution in [3.05, 3.63) is 0 Å². The van der Waals surface area contributed by atoms with Crippen molar-refractivity contribution < 1.29 is 16.8 Å². The van der Waals surface area contributed by atoms with Gasteiger partial charge in [-0.1, -0.05) is 13.8 Å². The number of fused-ring (bicyclic) bond motifs is 1. The first-order chi connectivity index (χ1) is 14.1. The average molecular weight is 459 g/mol. The van der Waals surface area contributed by atoms with E-state index in [0.717, 1.165) is 0 Å². The monoisotopic (exact) mass is 458 g/mol. The van der Waals surface area contributed by atoms with Gasteiger partial charge in [0.15, 0.2) is 11.6 Å². The second-order valence-corrected chi connectivity index (χ2v) is 10.9. The van der Waals surface area contributed by atoms with Gasteiger partial charge >= 0.3 is 0 Å². The molecule has 0 aromatic carbocycles. The van der Waals surface area contributed by atoms with E-state index in [0.29, 0.717) is 37.8 Å². The minimum absolute atomic E-state index is 0.153. The Hall–Kier alpha value is -2.08. The fourth-order valence-electron chi connectivity index (χ4n) is 2.97. The molecule has 0 fully saturated rings. The molecule has 0 saturated carbocycles. The van der Waals surface area contributed by atoms with Crippen LogP contribution in [0, 0.1) is 0 Å². The number of aromatic nitrogens is 4. The van der Waals surface area contributed by atoms with Crippen molar-refractivity contribution in [2.45, 2.75) is 51.9 Å². The van der Waals surface area contributed by atoms with Crippen molar-refractivity contribution in [2.24, 2.45) is 0 Å². The number of hydrogen-bond acceptors (Lipinski definition) is 10. The Labute approximate surface area is 178 Å². The fourth-order valence-corrected chi connectivity index (χ4v) is 4.40. The molecular weight excluding hydrogens is 428 g/mol. The first kappa shape index (κ1) is 24.2. The molecule has 2 rings (SSSR count). The van der Waals surface area contributed by atoms with E-state index >= 15 is 0 Å². The van der Waals surface area contributed by atoms with Gasteiger partial charge in [0, 0.05) is 26.2 Å². The van der Waals surface area contributed by atoms with Crippen LogP contribution in [0.1, 0.15) is 41.5 Å². The molecule has 10 nitrogen and oxygen atoms in total. The Bertz CT molecular complexity index is 1020. The average Bonchev–Trinajstić information content (AvgIpc) is 2.75. The summed E-state index contributed by atoms with van der Waals surface area (Å²) >= 11 is 0. The summed E-state index contributed by atoms with van der Waals surface area (Å²) in [4.78, 5) is 20.9. The van der Waals surface area contributed by atoms with Crippen LogP contribution in [0.15, 0.2) is 10.3 Å². The summed E-state index contributed by atoms with van der Waals surface area (Å²) in [5, 5.41) is -0.606. The zero-order valence-electron chi connectivity index (χ0n) is 18.4. The molecule has 2 heterocycles. The second-order valence-electron chi connectivity index (χ2n) is 6.51. The standard InChI is InChI=1S/C18H30N6O4S2/c1-7-23(8-2)15-13-14(20-17(21-15)29(25,26)11-5)16(24(9-3)10-4)22-18(19-13)30(27,28)12-6/h7-12H2,1-6H3. The topological polar surface area (TPSA) is 126 Å². The number of hydrogen-bond donors (Lipinski definition) is 0. The SMILES string of the molecule is CCN(CC)c1nc(S(=O)(=O)CC)nc2c(N(CC)CC)nc(S(=O)(=O)CC)nc12. The van der Waals surface area contributed by atoms with Crippen molar-refractivity contribution in [3.8, 4) is 0 Å². The molecule has 2 aromatic heterocycles. The van der Waals surface area contributed by atoms with E-state index in [1.807, 2.05) is 37.5 Å². The van der Waals surface area contributed by atoms with Crippen LogP contribution in [0.3, 0.4) is 0 Å². The van der Waals surface area contributed by atoms with E-state index in [1.165, 1.54) is 13.8 Å².